The first-order valence-corrected chi connectivity index (χ1v) is 12.4. The second kappa shape index (κ2) is 9.98. The van der Waals surface area contributed by atoms with Crippen molar-refractivity contribution in [3.05, 3.63) is 66.4 Å². The molecule has 2 saturated heterocycles. The number of amides is 1. The van der Waals surface area contributed by atoms with Gasteiger partial charge in [0.1, 0.15) is 5.75 Å². The van der Waals surface area contributed by atoms with Crippen molar-refractivity contribution in [3.63, 3.8) is 0 Å². The third kappa shape index (κ3) is 5.26. The third-order valence-corrected chi connectivity index (χ3v) is 7.19. The number of likely N-dealkylation sites (tertiary alicyclic amines) is 1. The van der Waals surface area contributed by atoms with Gasteiger partial charge in [-0.2, -0.15) is 0 Å². The summed E-state index contributed by atoms with van der Waals surface area (Å²) in [6.45, 7) is 7.17. The van der Waals surface area contributed by atoms with Crippen molar-refractivity contribution in [3.8, 4) is 11.6 Å². The van der Waals surface area contributed by atoms with Gasteiger partial charge in [-0.1, -0.05) is 19.1 Å². The minimum Gasteiger partial charge on any atom is -0.437 e. The van der Waals surface area contributed by atoms with Gasteiger partial charge in [0, 0.05) is 56.1 Å². The summed E-state index contributed by atoms with van der Waals surface area (Å²) in [4.78, 5) is 35.7. The average Bonchev–Trinajstić information content (AvgIpc) is 2.89. The van der Waals surface area contributed by atoms with Crippen molar-refractivity contribution in [2.45, 2.75) is 45.4 Å². The Morgan fingerprint density at radius 2 is 1.89 bits per heavy atom. The number of carbonyl (C=O) groups is 1. The van der Waals surface area contributed by atoms with Gasteiger partial charge in [0.2, 0.25) is 17.7 Å². The van der Waals surface area contributed by atoms with Crippen LogP contribution in [0, 0.1) is 12.3 Å². The first-order chi connectivity index (χ1) is 17.0. The lowest BCUT2D eigenvalue weighted by Crippen LogP contribution is -2.51. The first kappa shape index (κ1) is 23.2. The Balaban J connectivity index is 1.23. The Kier molecular flexibility index (Phi) is 6.61. The molecule has 0 saturated carbocycles. The Labute approximate surface area is 206 Å². The summed E-state index contributed by atoms with van der Waals surface area (Å²) >= 11 is 0. The maximum absolute atomic E-state index is 13.7. The van der Waals surface area contributed by atoms with Gasteiger partial charge in [-0.05, 0) is 56.4 Å². The Hall–Kier alpha value is -3.55. The normalized spacial score (nSPS) is 19.9. The van der Waals surface area contributed by atoms with Gasteiger partial charge in [0.15, 0.2) is 0 Å². The summed E-state index contributed by atoms with van der Waals surface area (Å²) in [6, 6.07) is 9.71. The molecule has 3 aromatic rings. The van der Waals surface area contributed by atoms with Crippen LogP contribution >= 0.6 is 0 Å². The van der Waals surface area contributed by atoms with Crippen LogP contribution in [0.5, 0.6) is 11.6 Å². The van der Waals surface area contributed by atoms with Crippen molar-refractivity contribution >= 4 is 11.9 Å². The minimum atomic E-state index is -0.366. The maximum Gasteiger partial charge on any atom is 0.238 e. The fraction of sp³-hybridized carbons (Fsp3) is 0.444. The zero-order valence-electron chi connectivity index (χ0n) is 20.4. The molecule has 8 heteroatoms. The van der Waals surface area contributed by atoms with Gasteiger partial charge >= 0.3 is 0 Å². The molecule has 4 heterocycles. The number of piperidine rings is 2. The number of ether oxygens (including phenoxy) is 1. The van der Waals surface area contributed by atoms with Crippen molar-refractivity contribution in [1.29, 1.82) is 0 Å². The summed E-state index contributed by atoms with van der Waals surface area (Å²) in [5.74, 6) is 2.38. The van der Waals surface area contributed by atoms with E-state index in [2.05, 4.69) is 26.8 Å². The van der Waals surface area contributed by atoms with Crippen LogP contribution in [0.15, 0.2) is 55.1 Å². The van der Waals surface area contributed by atoms with Crippen molar-refractivity contribution in [2.24, 2.45) is 5.41 Å². The predicted octanol–water partition coefficient (Wildman–Crippen LogP) is 4.38. The molecule has 182 valence electrons. The molecular weight excluding hydrogens is 440 g/mol. The van der Waals surface area contributed by atoms with E-state index < -0.39 is 0 Å². The lowest BCUT2D eigenvalue weighted by molar-refractivity contribution is -0.143. The zero-order chi connectivity index (χ0) is 24.3. The van der Waals surface area contributed by atoms with Gasteiger partial charge < -0.3 is 14.5 Å². The highest BCUT2D eigenvalue weighted by Gasteiger charge is 2.41. The lowest BCUT2D eigenvalue weighted by atomic mass is 9.78. The van der Waals surface area contributed by atoms with E-state index in [0.29, 0.717) is 12.4 Å². The van der Waals surface area contributed by atoms with E-state index >= 15 is 0 Å². The van der Waals surface area contributed by atoms with E-state index in [1.165, 1.54) is 0 Å². The van der Waals surface area contributed by atoms with Crippen LogP contribution in [0.25, 0.3) is 0 Å². The Morgan fingerprint density at radius 1 is 1.09 bits per heavy atom. The lowest BCUT2D eigenvalue weighted by Gasteiger charge is -2.43. The molecule has 0 N–H and O–H groups in total. The molecule has 2 aliphatic heterocycles. The number of anilines is 1. The van der Waals surface area contributed by atoms with Gasteiger partial charge in [-0.25, -0.2) is 15.0 Å². The smallest absolute Gasteiger partial charge is 0.238 e. The third-order valence-electron chi connectivity index (χ3n) is 7.19. The molecular formula is C27H32N6O2. The summed E-state index contributed by atoms with van der Waals surface area (Å²) < 4.78 is 5.95. The number of rotatable bonds is 5. The van der Waals surface area contributed by atoms with E-state index in [1.807, 2.05) is 48.4 Å². The molecule has 0 aliphatic carbocycles. The topological polar surface area (TPSA) is 84.3 Å². The number of hydrogen-bond acceptors (Lipinski definition) is 7. The molecule has 1 aromatic carbocycles. The van der Waals surface area contributed by atoms with Crippen LogP contribution in [-0.4, -0.2) is 56.9 Å². The molecule has 2 aromatic heterocycles. The van der Waals surface area contributed by atoms with Gasteiger partial charge in [0.05, 0.1) is 11.9 Å². The molecule has 1 atom stereocenters. The zero-order valence-corrected chi connectivity index (χ0v) is 20.4. The summed E-state index contributed by atoms with van der Waals surface area (Å²) in [5.41, 5.74) is 1.65. The van der Waals surface area contributed by atoms with Crippen LogP contribution in [0.3, 0.4) is 0 Å². The van der Waals surface area contributed by atoms with Crippen molar-refractivity contribution in [2.75, 3.05) is 31.1 Å². The van der Waals surface area contributed by atoms with Crippen LogP contribution < -0.4 is 9.64 Å². The molecule has 8 nitrogen and oxygen atoms in total. The Bertz CT molecular complexity index is 1160. The van der Waals surface area contributed by atoms with E-state index in [1.54, 1.807) is 18.6 Å². The minimum absolute atomic E-state index is 0.155. The highest BCUT2D eigenvalue weighted by atomic mass is 16.5. The SMILES string of the molecule is Cc1cccc(Oc2cncc(C3CCCN(C(=O)C4(C)CCN(c5ncccn5)CC4)C3)n2)c1. The quantitative estimate of drug-likeness (QED) is 0.545. The molecule has 0 spiro atoms. The number of hydrogen-bond donors (Lipinski definition) is 0. The number of carbonyl (C=O) groups excluding carboxylic acids is 1. The molecule has 0 bridgehead atoms. The predicted molar refractivity (Wildman–Crippen MR) is 133 cm³/mol. The number of nitrogens with zero attached hydrogens (tertiary/aromatic N) is 6. The highest BCUT2D eigenvalue weighted by molar-refractivity contribution is 5.83. The largest absolute Gasteiger partial charge is 0.437 e. The van der Waals surface area contributed by atoms with Crippen molar-refractivity contribution < 1.29 is 9.53 Å². The van der Waals surface area contributed by atoms with E-state index in [-0.39, 0.29) is 17.2 Å². The second-order valence-electron chi connectivity index (χ2n) is 9.89. The first-order valence-electron chi connectivity index (χ1n) is 12.4. The van der Waals surface area contributed by atoms with Crippen LogP contribution in [0.1, 0.15) is 49.8 Å². The second-order valence-corrected chi connectivity index (χ2v) is 9.89. The van der Waals surface area contributed by atoms with Gasteiger partial charge in [0.25, 0.3) is 0 Å². The standard InChI is InChI=1S/C27H32N6O2/c1-20-6-3-8-22(16-20)35-24-18-28-17-23(31-24)21-7-4-13-33(19-21)25(34)27(2)9-14-32(15-10-27)26-29-11-5-12-30-26/h3,5-6,8,11-12,16-18,21H,4,7,9-10,13-15,19H2,1-2H3. The Morgan fingerprint density at radius 3 is 2.66 bits per heavy atom. The summed E-state index contributed by atoms with van der Waals surface area (Å²) in [6.07, 6.45) is 10.5. The van der Waals surface area contributed by atoms with Crippen LogP contribution in [0.4, 0.5) is 5.95 Å². The fourth-order valence-corrected chi connectivity index (χ4v) is 5.06. The van der Waals surface area contributed by atoms with E-state index in [0.717, 1.165) is 68.3 Å². The molecule has 2 fully saturated rings. The molecule has 2 aliphatic rings. The number of aryl methyl sites for hydroxylation is 1. The number of aromatic nitrogens is 4. The molecule has 5 rings (SSSR count). The number of benzene rings is 1. The van der Waals surface area contributed by atoms with E-state index in [4.69, 9.17) is 9.72 Å². The molecule has 0 radical (unpaired) electrons. The van der Waals surface area contributed by atoms with E-state index in [9.17, 15) is 4.79 Å². The van der Waals surface area contributed by atoms with Gasteiger partial charge in [-0.15, -0.1) is 0 Å². The molecule has 35 heavy (non-hydrogen) atoms. The fourth-order valence-electron chi connectivity index (χ4n) is 5.06. The maximum atomic E-state index is 13.7. The average molecular weight is 473 g/mol. The van der Waals surface area contributed by atoms with Gasteiger partial charge in [-0.3, -0.25) is 9.78 Å². The summed E-state index contributed by atoms with van der Waals surface area (Å²) in [5, 5.41) is 0. The molecule has 1 amide bonds. The monoisotopic (exact) mass is 472 g/mol. The van der Waals surface area contributed by atoms with Crippen LogP contribution in [-0.2, 0) is 4.79 Å². The highest BCUT2D eigenvalue weighted by Crippen LogP contribution is 2.36. The summed E-state index contributed by atoms with van der Waals surface area (Å²) in [7, 11) is 0. The molecule has 1 unspecified atom stereocenters. The van der Waals surface area contributed by atoms with Crippen LogP contribution in [0.2, 0.25) is 0 Å². The van der Waals surface area contributed by atoms with Crippen molar-refractivity contribution in [1.82, 2.24) is 24.8 Å².